The van der Waals surface area contributed by atoms with Crippen LogP contribution < -0.4 is 15.8 Å². The minimum atomic E-state index is -0.351. The summed E-state index contributed by atoms with van der Waals surface area (Å²) in [5.41, 5.74) is 7.22. The molecule has 1 atom stereocenters. The third-order valence-electron chi connectivity index (χ3n) is 2.29. The number of nitrogens with one attached hydrogen (secondary N) is 1. The van der Waals surface area contributed by atoms with E-state index in [1.807, 2.05) is 19.1 Å². The van der Waals surface area contributed by atoms with Crippen molar-refractivity contribution in [2.75, 3.05) is 24.7 Å². The van der Waals surface area contributed by atoms with Gasteiger partial charge in [0.1, 0.15) is 5.75 Å². The maximum Gasteiger partial charge on any atom is 0.143 e. The Labute approximate surface area is 90.1 Å². The van der Waals surface area contributed by atoms with Crippen LogP contribution in [0.5, 0.6) is 5.75 Å². The molecule has 4 heteroatoms. The van der Waals surface area contributed by atoms with Gasteiger partial charge >= 0.3 is 0 Å². The van der Waals surface area contributed by atoms with Gasteiger partial charge in [0.15, 0.2) is 0 Å². The van der Waals surface area contributed by atoms with Crippen molar-refractivity contribution in [2.24, 2.45) is 0 Å². The van der Waals surface area contributed by atoms with Crippen molar-refractivity contribution >= 4 is 11.4 Å². The fourth-order valence-electron chi connectivity index (χ4n) is 1.25. The molecule has 0 aliphatic heterocycles. The molecular formula is C11H18N2O2. The van der Waals surface area contributed by atoms with E-state index in [0.717, 1.165) is 12.1 Å². The van der Waals surface area contributed by atoms with Crippen LogP contribution in [0.4, 0.5) is 11.4 Å². The molecule has 0 heterocycles. The molecular weight excluding hydrogens is 192 g/mol. The van der Waals surface area contributed by atoms with E-state index in [1.165, 1.54) is 0 Å². The van der Waals surface area contributed by atoms with E-state index >= 15 is 0 Å². The number of anilines is 2. The quantitative estimate of drug-likeness (QED) is 0.644. The molecule has 0 aromatic heterocycles. The molecule has 0 saturated heterocycles. The van der Waals surface area contributed by atoms with Crippen LogP contribution in [0.2, 0.25) is 0 Å². The summed E-state index contributed by atoms with van der Waals surface area (Å²) in [5, 5.41) is 12.5. The molecule has 0 aliphatic carbocycles. The average Bonchev–Trinajstić information content (AvgIpc) is 2.27. The van der Waals surface area contributed by atoms with Crippen LogP contribution in [0.3, 0.4) is 0 Å². The predicted octanol–water partition coefficient (Wildman–Crippen LogP) is 1.46. The molecule has 1 aromatic carbocycles. The van der Waals surface area contributed by atoms with Crippen LogP contribution in [0.1, 0.15) is 13.3 Å². The van der Waals surface area contributed by atoms with Crippen molar-refractivity contribution in [3.05, 3.63) is 18.2 Å². The van der Waals surface area contributed by atoms with E-state index in [0.29, 0.717) is 18.0 Å². The average molecular weight is 210 g/mol. The Morgan fingerprint density at radius 2 is 2.27 bits per heavy atom. The summed E-state index contributed by atoms with van der Waals surface area (Å²) in [6.45, 7) is 2.43. The molecule has 0 amide bonds. The number of nitrogen functional groups attached to an aromatic ring is 1. The second-order valence-electron chi connectivity index (χ2n) is 3.36. The molecule has 1 aromatic rings. The predicted molar refractivity (Wildman–Crippen MR) is 62.2 cm³/mol. The van der Waals surface area contributed by atoms with Gasteiger partial charge in [-0.3, -0.25) is 0 Å². The minimum absolute atomic E-state index is 0.351. The highest BCUT2D eigenvalue weighted by atomic mass is 16.5. The van der Waals surface area contributed by atoms with Crippen LogP contribution in [0, 0.1) is 0 Å². The highest BCUT2D eigenvalue weighted by molar-refractivity contribution is 5.72. The topological polar surface area (TPSA) is 67.5 Å². The van der Waals surface area contributed by atoms with Crippen molar-refractivity contribution in [1.29, 1.82) is 0 Å². The molecule has 84 valence electrons. The third kappa shape index (κ3) is 3.02. The summed E-state index contributed by atoms with van der Waals surface area (Å²) < 4.78 is 5.09. The van der Waals surface area contributed by atoms with Gasteiger partial charge in [0.2, 0.25) is 0 Å². The van der Waals surface area contributed by atoms with E-state index in [9.17, 15) is 5.11 Å². The minimum Gasteiger partial charge on any atom is -0.495 e. The summed E-state index contributed by atoms with van der Waals surface area (Å²) >= 11 is 0. The molecule has 0 spiro atoms. The van der Waals surface area contributed by atoms with Gasteiger partial charge in [0, 0.05) is 6.54 Å². The molecule has 4 nitrogen and oxygen atoms in total. The van der Waals surface area contributed by atoms with Gasteiger partial charge in [0.25, 0.3) is 0 Å². The lowest BCUT2D eigenvalue weighted by atomic mass is 10.2. The Hall–Kier alpha value is -1.42. The Bertz CT molecular complexity index is 315. The van der Waals surface area contributed by atoms with Crippen LogP contribution in [-0.4, -0.2) is 24.9 Å². The normalized spacial score (nSPS) is 12.2. The number of aliphatic hydroxyl groups excluding tert-OH is 1. The second-order valence-corrected chi connectivity index (χ2v) is 3.36. The van der Waals surface area contributed by atoms with Gasteiger partial charge in [-0.25, -0.2) is 0 Å². The smallest absolute Gasteiger partial charge is 0.143 e. The SMILES string of the molecule is CCC(O)CNc1cccc(OC)c1N. The lowest BCUT2D eigenvalue weighted by Crippen LogP contribution is -2.18. The molecule has 4 N–H and O–H groups in total. The van der Waals surface area contributed by atoms with Crippen molar-refractivity contribution in [3.63, 3.8) is 0 Å². The maximum absolute atomic E-state index is 9.40. The van der Waals surface area contributed by atoms with E-state index in [2.05, 4.69) is 5.32 Å². The molecule has 15 heavy (non-hydrogen) atoms. The molecule has 0 aliphatic rings. The van der Waals surface area contributed by atoms with Crippen molar-refractivity contribution in [2.45, 2.75) is 19.4 Å². The van der Waals surface area contributed by atoms with Crippen molar-refractivity contribution in [3.8, 4) is 5.75 Å². The molecule has 0 bridgehead atoms. The Morgan fingerprint density at radius 3 is 2.87 bits per heavy atom. The zero-order valence-corrected chi connectivity index (χ0v) is 9.16. The van der Waals surface area contributed by atoms with E-state index in [-0.39, 0.29) is 6.10 Å². The number of nitrogens with two attached hydrogens (primary N) is 1. The number of benzene rings is 1. The summed E-state index contributed by atoms with van der Waals surface area (Å²) in [4.78, 5) is 0. The highest BCUT2D eigenvalue weighted by Crippen LogP contribution is 2.28. The van der Waals surface area contributed by atoms with Gasteiger partial charge in [-0.15, -0.1) is 0 Å². The molecule has 0 saturated carbocycles. The first-order chi connectivity index (χ1) is 7.19. The lowest BCUT2D eigenvalue weighted by molar-refractivity contribution is 0.183. The second kappa shape index (κ2) is 5.46. The number of para-hydroxylation sites is 1. The third-order valence-corrected chi connectivity index (χ3v) is 2.29. The fraction of sp³-hybridized carbons (Fsp3) is 0.455. The summed E-state index contributed by atoms with van der Waals surface area (Å²) in [6.07, 6.45) is 0.368. The van der Waals surface area contributed by atoms with Crippen LogP contribution >= 0.6 is 0 Å². The number of methoxy groups -OCH3 is 1. The van der Waals surface area contributed by atoms with Crippen molar-refractivity contribution in [1.82, 2.24) is 0 Å². The first kappa shape index (κ1) is 11.7. The molecule has 1 unspecified atom stereocenters. The van der Waals surface area contributed by atoms with Gasteiger partial charge in [-0.2, -0.15) is 0 Å². The number of ether oxygens (including phenoxy) is 1. The summed E-state index contributed by atoms with van der Waals surface area (Å²) in [7, 11) is 1.58. The number of rotatable bonds is 5. The van der Waals surface area contributed by atoms with Crippen LogP contribution in [-0.2, 0) is 0 Å². The summed E-state index contributed by atoms with van der Waals surface area (Å²) in [5.74, 6) is 0.644. The fourth-order valence-corrected chi connectivity index (χ4v) is 1.25. The highest BCUT2D eigenvalue weighted by Gasteiger charge is 2.06. The first-order valence-electron chi connectivity index (χ1n) is 5.03. The maximum atomic E-state index is 9.40. The van der Waals surface area contributed by atoms with Gasteiger partial charge in [-0.05, 0) is 18.6 Å². The molecule has 0 radical (unpaired) electrons. The Kier molecular flexibility index (Phi) is 4.24. The number of aliphatic hydroxyl groups is 1. The van der Waals surface area contributed by atoms with E-state index in [4.69, 9.17) is 10.5 Å². The lowest BCUT2D eigenvalue weighted by Gasteiger charge is -2.14. The van der Waals surface area contributed by atoms with Gasteiger partial charge < -0.3 is 20.9 Å². The molecule has 0 fully saturated rings. The first-order valence-corrected chi connectivity index (χ1v) is 5.03. The number of hydrogen-bond donors (Lipinski definition) is 3. The standard InChI is InChI=1S/C11H18N2O2/c1-3-8(14)7-13-9-5-4-6-10(15-2)11(9)12/h4-6,8,13-14H,3,7,12H2,1-2H3. The van der Waals surface area contributed by atoms with Crippen LogP contribution in [0.25, 0.3) is 0 Å². The Balaban J connectivity index is 2.68. The van der Waals surface area contributed by atoms with Crippen molar-refractivity contribution < 1.29 is 9.84 Å². The van der Waals surface area contributed by atoms with Gasteiger partial charge in [-0.1, -0.05) is 13.0 Å². The van der Waals surface area contributed by atoms with Crippen LogP contribution in [0.15, 0.2) is 18.2 Å². The zero-order chi connectivity index (χ0) is 11.3. The van der Waals surface area contributed by atoms with Gasteiger partial charge in [0.05, 0.1) is 24.6 Å². The number of hydrogen-bond acceptors (Lipinski definition) is 4. The Morgan fingerprint density at radius 1 is 1.53 bits per heavy atom. The molecule has 1 rings (SSSR count). The summed E-state index contributed by atoms with van der Waals surface area (Å²) in [6, 6.07) is 5.52. The largest absolute Gasteiger partial charge is 0.495 e. The zero-order valence-electron chi connectivity index (χ0n) is 9.16. The van der Waals surface area contributed by atoms with E-state index in [1.54, 1.807) is 13.2 Å². The monoisotopic (exact) mass is 210 g/mol. The van der Waals surface area contributed by atoms with E-state index < -0.39 is 0 Å².